The van der Waals surface area contributed by atoms with Gasteiger partial charge in [0.25, 0.3) is 0 Å². The van der Waals surface area contributed by atoms with E-state index in [1.165, 1.54) is 0 Å². The number of aryl methyl sites for hydroxylation is 2. The Morgan fingerprint density at radius 3 is 2.74 bits per heavy atom. The van der Waals surface area contributed by atoms with E-state index in [2.05, 4.69) is 10.2 Å². The molecule has 0 unspecified atom stereocenters. The Morgan fingerprint density at radius 1 is 1.26 bits per heavy atom. The summed E-state index contributed by atoms with van der Waals surface area (Å²) >= 11 is 0. The molecule has 2 N–H and O–H groups in total. The molecular weight excluding hydrogens is 348 g/mol. The summed E-state index contributed by atoms with van der Waals surface area (Å²) in [6.45, 7) is 8.38. The number of aromatic hydroxyl groups is 1. The van der Waals surface area contributed by atoms with E-state index in [1.54, 1.807) is 19.1 Å². The van der Waals surface area contributed by atoms with Gasteiger partial charge in [0.1, 0.15) is 11.3 Å². The molecule has 146 valence electrons. The minimum atomic E-state index is -0.534. The van der Waals surface area contributed by atoms with Crippen molar-refractivity contribution in [2.24, 2.45) is 0 Å². The second-order valence-corrected chi connectivity index (χ2v) is 6.98. The van der Waals surface area contributed by atoms with Crippen LogP contribution in [-0.4, -0.2) is 55.3 Å². The Morgan fingerprint density at radius 2 is 2.00 bits per heavy atom. The number of ether oxygens (including phenoxy) is 1. The first-order valence-corrected chi connectivity index (χ1v) is 9.28. The molecule has 0 spiro atoms. The third kappa shape index (κ3) is 4.67. The number of phenols is 1. The van der Waals surface area contributed by atoms with Gasteiger partial charge in [0.15, 0.2) is 0 Å². The van der Waals surface area contributed by atoms with Gasteiger partial charge in [-0.25, -0.2) is 4.79 Å². The Balaban J connectivity index is 1.62. The average Bonchev–Trinajstić information content (AvgIpc) is 2.62. The van der Waals surface area contributed by atoms with Crippen molar-refractivity contribution in [2.75, 3.05) is 39.4 Å². The maximum atomic E-state index is 12.3. The van der Waals surface area contributed by atoms with Crippen LogP contribution in [0.4, 0.5) is 0 Å². The van der Waals surface area contributed by atoms with Crippen LogP contribution in [0.1, 0.15) is 23.1 Å². The number of nitrogens with one attached hydrogen (secondary N) is 1. The van der Waals surface area contributed by atoms with E-state index in [0.29, 0.717) is 23.1 Å². The largest absolute Gasteiger partial charge is 0.507 e. The molecule has 0 aliphatic carbocycles. The molecule has 7 heteroatoms. The fourth-order valence-electron chi connectivity index (χ4n) is 3.44. The SMILES string of the molecule is Cc1cc(O)c2c(C)c(CC(=O)NCCCN3CCOCC3)c(=O)oc2c1. The summed E-state index contributed by atoms with van der Waals surface area (Å²) in [6.07, 6.45) is 0.784. The van der Waals surface area contributed by atoms with E-state index in [0.717, 1.165) is 44.8 Å². The first-order chi connectivity index (χ1) is 13.0. The van der Waals surface area contributed by atoms with E-state index in [-0.39, 0.29) is 23.6 Å². The number of rotatable bonds is 6. The van der Waals surface area contributed by atoms with Gasteiger partial charge in [-0.3, -0.25) is 9.69 Å². The lowest BCUT2D eigenvalue weighted by Gasteiger charge is -2.26. The number of carbonyl (C=O) groups is 1. The predicted molar refractivity (Wildman–Crippen MR) is 102 cm³/mol. The molecule has 7 nitrogen and oxygen atoms in total. The molecule has 0 saturated carbocycles. The summed E-state index contributed by atoms with van der Waals surface area (Å²) in [5, 5.41) is 13.5. The molecule has 3 rings (SSSR count). The van der Waals surface area contributed by atoms with Crippen molar-refractivity contribution in [3.05, 3.63) is 39.2 Å². The molecule has 27 heavy (non-hydrogen) atoms. The quantitative estimate of drug-likeness (QED) is 0.588. The van der Waals surface area contributed by atoms with Gasteiger partial charge in [0.2, 0.25) is 5.91 Å². The molecule has 0 radical (unpaired) electrons. The summed E-state index contributed by atoms with van der Waals surface area (Å²) in [5.74, 6) is -0.170. The zero-order valence-electron chi connectivity index (χ0n) is 15.8. The Kier molecular flexibility index (Phi) is 6.13. The van der Waals surface area contributed by atoms with Crippen molar-refractivity contribution < 1.29 is 19.1 Å². The monoisotopic (exact) mass is 374 g/mol. The van der Waals surface area contributed by atoms with Gasteiger partial charge in [-0.15, -0.1) is 0 Å². The molecule has 0 atom stereocenters. The minimum absolute atomic E-state index is 0.0541. The van der Waals surface area contributed by atoms with Crippen LogP contribution < -0.4 is 10.9 Å². The molecule has 2 aromatic rings. The minimum Gasteiger partial charge on any atom is -0.507 e. The second kappa shape index (κ2) is 8.54. The number of hydrogen-bond acceptors (Lipinski definition) is 6. The number of hydrogen-bond donors (Lipinski definition) is 2. The van der Waals surface area contributed by atoms with E-state index in [1.807, 2.05) is 6.92 Å². The highest BCUT2D eigenvalue weighted by molar-refractivity contribution is 5.89. The first kappa shape index (κ1) is 19.4. The second-order valence-electron chi connectivity index (χ2n) is 6.98. The molecule has 2 heterocycles. The zero-order chi connectivity index (χ0) is 19.4. The van der Waals surface area contributed by atoms with Crippen LogP contribution >= 0.6 is 0 Å². The van der Waals surface area contributed by atoms with Gasteiger partial charge >= 0.3 is 5.63 Å². The highest BCUT2D eigenvalue weighted by Gasteiger charge is 2.17. The van der Waals surface area contributed by atoms with Crippen LogP contribution in [0.5, 0.6) is 5.75 Å². The summed E-state index contributed by atoms with van der Waals surface area (Å²) in [6, 6.07) is 3.32. The van der Waals surface area contributed by atoms with Crippen molar-refractivity contribution in [3.63, 3.8) is 0 Å². The number of morpholine rings is 1. The van der Waals surface area contributed by atoms with Gasteiger partial charge < -0.3 is 19.6 Å². The Labute approximate surface area is 157 Å². The van der Waals surface area contributed by atoms with Gasteiger partial charge in [-0.1, -0.05) is 0 Å². The number of amides is 1. The van der Waals surface area contributed by atoms with Crippen molar-refractivity contribution >= 4 is 16.9 Å². The van der Waals surface area contributed by atoms with Crippen LogP contribution in [0.25, 0.3) is 11.0 Å². The van der Waals surface area contributed by atoms with Crippen LogP contribution in [-0.2, 0) is 16.0 Å². The Bertz CT molecular complexity index is 884. The van der Waals surface area contributed by atoms with Crippen molar-refractivity contribution in [3.8, 4) is 5.75 Å². The van der Waals surface area contributed by atoms with Crippen LogP contribution in [0, 0.1) is 13.8 Å². The number of benzene rings is 1. The number of fused-ring (bicyclic) bond motifs is 1. The third-order valence-electron chi connectivity index (χ3n) is 4.92. The lowest BCUT2D eigenvalue weighted by Crippen LogP contribution is -2.38. The molecule has 1 aromatic carbocycles. The van der Waals surface area contributed by atoms with Crippen LogP contribution in [0.2, 0.25) is 0 Å². The average molecular weight is 374 g/mol. The standard InChI is InChI=1S/C20H26N2O5/c1-13-10-16(23)19-14(2)15(20(25)27-17(19)11-13)12-18(24)21-4-3-5-22-6-8-26-9-7-22/h10-11,23H,3-9,12H2,1-2H3,(H,21,24). The maximum absolute atomic E-state index is 12.3. The molecule has 1 saturated heterocycles. The fourth-order valence-corrected chi connectivity index (χ4v) is 3.44. The molecule has 1 aromatic heterocycles. The molecule has 0 bridgehead atoms. The smallest absolute Gasteiger partial charge is 0.340 e. The predicted octanol–water partition coefficient (Wildman–Crippen LogP) is 1.50. The highest BCUT2D eigenvalue weighted by atomic mass is 16.5. The van der Waals surface area contributed by atoms with Crippen LogP contribution in [0.3, 0.4) is 0 Å². The van der Waals surface area contributed by atoms with Gasteiger partial charge in [-0.2, -0.15) is 0 Å². The number of phenolic OH excluding ortho intramolecular Hbond substituents is 1. The maximum Gasteiger partial charge on any atom is 0.340 e. The molecule has 1 aliphatic heterocycles. The molecule has 1 fully saturated rings. The lowest BCUT2D eigenvalue weighted by molar-refractivity contribution is -0.120. The summed E-state index contributed by atoms with van der Waals surface area (Å²) < 4.78 is 10.6. The molecular formula is C20H26N2O5. The van der Waals surface area contributed by atoms with Gasteiger partial charge in [0, 0.05) is 19.6 Å². The van der Waals surface area contributed by atoms with E-state index in [9.17, 15) is 14.7 Å². The van der Waals surface area contributed by atoms with Crippen molar-refractivity contribution in [2.45, 2.75) is 26.7 Å². The highest BCUT2D eigenvalue weighted by Crippen LogP contribution is 2.29. The van der Waals surface area contributed by atoms with E-state index >= 15 is 0 Å². The topological polar surface area (TPSA) is 92.0 Å². The summed E-state index contributed by atoms with van der Waals surface area (Å²) in [7, 11) is 0. The lowest BCUT2D eigenvalue weighted by atomic mass is 10.0. The van der Waals surface area contributed by atoms with E-state index < -0.39 is 5.63 Å². The fraction of sp³-hybridized carbons (Fsp3) is 0.500. The van der Waals surface area contributed by atoms with Crippen molar-refractivity contribution in [1.82, 2.24) is 10.2 Å². The Hall–Kier alpha value is -2.38. The first-order valence-electron chi connectivity index (χ1n) is 9.28. The van der Waals surface area contributed by atoms with Gasteiger partial charge in [0.05, 0.1) is 30.6 Å². The van der Waals surface area contributed by atoms with Crippen molar-refractivity contribution in [1.29, 1.82) is 0 Å². The summed E-state index contributed by atoms with van der Waals surface area (Å²) in [4.78, 5) is 26.9. The summed E-state index contributed by atoms with van der Waals surface area (Å²) in [5.41, 5.74) is 1.47. The zero-order valence-corrected chi connectivity index (χ0v) is 15.8. The number of nitrogens with zero attached hydrogens (tertiary/aromatic N) is 1. The van der Waals surface area contributed by atoms with Gasteiger partial charge in [-0.05, 0) is 50.1 Å². The van der Waals surface area contributed by atoms with Crippen LogP contribution in [0.15, 0.2) is 21.3 Å². The normalized spacial score (nSPS) is 15.2. The third-order valence-corrected chi connectivity index (χ3v) is 4.92. The van der Waals surface area contributed by atoms with E-state index in [4.69, 9.17) is 9.15 Å². The molecule has 1 amide bonds. The molecule has 1 aliphatic rings. The number of carbonyl (C=O) groups excluding carboxylic acids is 1.